The maximum absolute atomic E-state index is 11.8. The van der Waals surface area contributed by atoms with Crippen molar-refractivity contribution in [3.63, 3.8) is 0 Å². The van der Waals surface area contributed by atoms with Crippen molar-refractivity contribution in [1.82, 2.24) is 4.98 Å². The van der Waals surface area contributed by atoms with Crippen LogP contribution in [0.4, 0.5) is 5.13 Å². The quantitative estimate of drug-likeness (QED) is 0.936. The summed E-state index contributed by atoms with van der Waals surface area (Å²) >= 11 is 6.94. The Labute approximate surface area is 102 Å². The number of sulfonamides is 1. The molecule has 0 atom stereocenters. The molecule has 0 unspecified atom stereocenters. The Morgan fingerprint density at radius 2 is 2.19 bits per heavy atom. The first kappa shape index (κ1) is 11.4. The van der Waals surface area contributed by atoms with Gasteiger partial charge >= 0.3 is 0 Å². The van der Waals surface area contributed by atoms with Gasteiger partial charge in [0, 0.05) is 16.6 Å². The molecule has 0 fully saturated rings. The van der Waals surface area contributed by atoms with E-state index in [2.05, 4.69) is 9.71 Å². The molecule has 16 heavy (non-hydrogen) atoms. The van der Waals surface area contributed by atoms with E-state index >= 15 is 0 Å². The summed E-state index contributed by atoms with van der Waals surface area (Å²) in [5.41, 5.74) is 0. The van der Waals surface area contributed by atoms with Crippen molar-refractivity contribution in [1.29, 1.82) is 0 Å². The lowest BCUT2D eigenvalue weighted by Crippen LogP contribution is -2.12. The number of benzene rings is 1. The molecular weight excluding hydrogens is 268 g/mol. The molecule has 1 aromatic carbocycles. The number of hydrogen-bond donors (Lipinski definition) is 1. The van der Waals surface area contributed by atoms with Crippen LogP contribution in [0.25, 0.3) is 0 Å². The summed E-state index contributed by atoms with van der Waals surface area (Å²) in [7, 11) is -3.59. The van der Waals surface area contributed by atoms with Crippen molar-refractivity contribution in [3.05, 3.63) is 40.9 Å². The van der Waals surface area contributed by atoms with Gasteiger partial charge in [-0.25, -0.2) is 13.4 Å². The van der Waals surface area contributed by atoms with Crippen molar-refractivity contribution in [3.8, 4) is 0 Å². The second kappa shape index (κ2) is 4.40. The van der Waals surface area contributed by atoms with Gasteiger partial charge in [-0.3, -0.25) is 4.72 Å². The molecule has 0 spiro atoms. The van der Waals surface area contributed by atoms with Gasteiger partial charge in [0.2, 0.25) is 0 Å². The Morgan fingerprint density at radius 3 is 2.81 bits per heavy atom. The van der Waals surface area contributed by atoms with Gasteiger partial charge in [-0.1, -0.05) is 17.7 Å². The Kier molecular flexibility index (Phi) is 3.13. The van der Waals surface area contributed by atoms with Crippen LogP contribution in [0.3, 0.4) is 0 Å². The lowest BCUT2D eigenvalue weighted by molar-refractivity contribution is 0.601. The number of anilines is 1. The Hall–Kier alpha value is -1.11. The van der Waals surface area contributed by atoms with E-state index in [9.17, 15) is 8.42 Å². The van der Waals surface area contributed by atoms with Crippen molar-refractivity contribution < 1.29 is 8.42 Å². The predicted octanol–water partition coefficient (Wildman–Crippen LogP) is 2.60. The first-order chi connectivity index (χ1) is 7.58. The normalized spacial score (nSPS) is 11.3. The molecule has 2 rings (SSSR count). The van der Waals surface area contributed by atoms with E-state index < -0.39 is 10.0 Å². The highest BCUT2D eigenvalue weighted by Gasteiger charge is 2.15. The van der Waals surface area contributed by atoms with E-state index in [4.69, 9.17) is 11.6 Å². The van der Waals surface area contributed by atoms with Crippen LogP contribution in [0.2, 0.25) is 5.02 Å². The smallest absolute Gasteiger partial charge is 0.255 e. The molecule has 0 amide bonds. The Bertz CT molecular complexity index is 581. The molecule has 0 bridgehead atoms. The van der Waals surface area contributed by atoms with Gasteiger partial charge in [-0.2, -0.15) is 0 Å². The Balaban J connectivity index is 2.33. The summed E-state index contributed by atoms with van der Waals surface area (Å²) in [6.07, 6.45) is 1.53. The monoisotopic (exact) mass is 274 g/mol. The van der Waals surface area contributed by atoms with Crippen LogP contribution in [-0.2, 0) is 10.0 Å². The maximum atomic E-state index is 11.8. The van der Waals surface area contributed by atoms with Crippen LogP contribution in [0.5, 0.6) is 0 Å². The van der Waals surface area contributed by atoms with Crippen molar-refractivity contribution in [2.45, 2.75) is 4.90 Å². The Morgan fingerprint density at radius 1 is 1.38 bits per heavy atom. The van der Waals surface area contributed by atoms with Crippen molar-refractivity contribution in [2.75, 3.05) is 4.72 Å². The van der Waals surface area contributed by atoms with Crippen molar-refractivity contribution >= 4 is 38.1 Å². The summed E-state index contributed by atoms with van der Waals surface area (Å²) in [5, 5.41) is 2.40. The number of halogens is 1. The van der Waals surface area contributed by atoms with Crippen LogP contribution in [0, 0.1) is 0 Å². The molecule has 0 radical (unpaired) electrons. The van der Waals surface area contributed by atoms with E-state index in [1.807, 2.05) is 0 Å². The first-order valence-electron chi connectivity index (χ1n) is 4.26. The van der Waals surface area contributed by atoms with Crippen LogP contribution in [-0.4, -0.2) is 13.4 Å². The van der Waals surface area contributed by atoms with E-state index in [-0.39, 0.29) is 4.90 Å². The lowest BCUT2D eigenvalue weighted by Gasteiger charge is -2.04. The van der Waals surface area contributed by atoms with Gasteiger partial charge in [-0.05, 0) is 18.2 Å². The molecule has 0 aliphatic heterocycles. The molecule has 7 heteroatoms. The summed E-state index contributed by atoms with van der Waals surface area (Å²) in [4.78, 5) is 3.97. The highest BCUT2D eigenvalue weighted by Crippen LogP contribution is 2.20. The molecule has 4 nitrogen and oxygen atoms in total. The molecule has 1 N–H and O–H groups in total. The molecule has 1 aromatic heterocycles. The zero-order chi connectivity index (χ0) is 11.6. The number of nitrogens with zero attached hydrogens (tertiary/aromatic N) is 1. The fourth-order valence-electron chi connectivity index (χ4n) is 1.08. The molecular formula is C9H7ClN2O2S2. The minimum Gasteiger partial charge on any atom is -0.255 e. The van der Waals surface area contributed by atoms with Gasteiger partial charge < -0.3 is 0 Å². The number of thiazole rings is 1. The number of rotatable bonds is 3. The average Bonchev–Trinajstić information content (AvgIpc) is 2.70. The molecule has 0 saturated heterocycles. The predicted molar refractivity (Wildman–Crippen MR) is 64.4 cm³/mol. The summed E-state index contributed by atoms with van der Waals surface area (Å²) < 4.78 is 26.1. The minimum absolute atomic E-state index is 0.121. The van der Waals surface area contributed by atoms with Gasteiger partial charge in [0.15, 0.2) is 5.13 Å². The zero-order valence-electron chi connectivity index (χ0n) is 7.92. The number of hydrogen-bond acceptors (Lipinski definition) is 4. The molecule has 0 aliphatic carbocycles. The van der Waals surface area contributed by atoms with Gasteiger partial charge in [-0.15, -0.1) is 11.3 Å². The van der Waals surface area contributed by atoms with Crippen LogP contribution in [0.1, 0.15) is 0 Å². The van der Waals surface area contributed by atoms with Crippen LogP contribution >= 0.6 is 22.9 Å². The van der Waals surface area contributed by atoms with Crippen molar-refractivity contribution in [2.24, 2.45) is 0 Å². The minimum atomic E-state index is -3.59. The second-order valence-electron chi connectivity index (χ2n) is 2.90. The summed E-state index contributed by atoms with van der Waals surface area (Å²) in [6.45, 7) is 0. The third-order valence-corrected chi connectivity index (χ3v) is 4.15. The van der Waals surface area contributed by atoms with E-state index in [0.717, 1.165) is 0 Å². The molecule has 0 saturated carbocycles. The molecule has 2 aromatic rings. The number of nitrogens with one attached hydrogen (secondary N) is 1. The average molecular weight is 275 g/mol. The van der Waals surface area contributed by atoms with Gasteiger partial charge in [0.05, 0.1) is 4.90 Å². The zero-order valence-corrected chi connectivity index (χ0v) is 10.3. The standard InChI is InChI=1S/C9H7ClN2O2S2/c10-7-2-1-3-8(6-7)16(13,14)12-9-11-4-5-15-9/h1-6H,(H,11,12). The summed E-state index contributed by atoms with van der Waals surface area (Å²) in [6, 6.07) is 6.06. The number of aromatic nitrogens is 1. The van der Waals surface area contributed by atoms with E-state index in [0.29, 0.717) is 10.2 Å². The third-order valence-electron chi connectivity index (χ3n) is 1.76. The lowest BCUT2D eigenvalue weighted by atomic mass is 10.4. The molecule has 84 valence electrons. The largest absolute Gasteiger partial charge is 0.263 e. The molecule has 1 heterocycles. The van der Waals surface area contributed by atoms with Crippen LogP contribution < -0.4 is 4.72 Å². The highest BCUT2D eigenvalue weighted by molar-refractivity contribution is 7.93. The van der Waals surface area contributed by atoms with Crippen LogP contribution in [0.15, 0.2) is 40.7 Å². The topological polar surface area (TPSA) is 59.1 Å². The molecule has 0 aliphatic rings. The van der Waals surface area contributed by atoms with E-state index in [1.54, 1.807) is 17.5 Å². The SMILES string of the molecule is O=S(=O)(Nc1nccs1)c1cccc(Cl)c1. The highest BCUT2D eigenvalue weighted by atomic mass is 35.5. The maximum Gasteiger partial charge on any atom is 0.263 e. The third kappa shape index (κ3) is 2.52. The van der Waals surface area contributed by atoms with Gasteiger partial charge in [0.1, 0.15) is 0 Å². The fraction of sp³-hybridized carbons (Fsp3) is 0. The first-order valence-corrected chi connectivity index (χ1v) is 7.00. The second-order valence-corrected chi connectivity index (χ2v) is 5.91. The van der Waals surface area contributed by atoms with E-state index in [1.165, 1.54) is 29.7 Å². The summed E-state index contributed by atoms with van der Waals surface area (Å²) in [5.74, 6) is 0. The fourth-order valence-corrected chi connectivity index (χ4v) is 3.17. The van der Waals surface area contributed by atoms with Gasteiger partial charge in [0.25, 0.3) is 10.0 Å².